The minimum absolute atomic E-state index is 0.0983. The first-order valence-corrected chi connectivity index (χ1v) is 5.93. The van der Waals surface area contributed by atoms with E-state index in [2.05, 4.69) is 5.32 Å². The van der Waals surface area contributed by atoms with Crippen LogP contribution in [0.1, 0.15) is 5.56 Å². The molecule has 0 bridgehead atoms. The number of benzene rings is 1. The second-order valence-corrected chi connectivity index (χ2v) is 4.56. The first kappa shape index (κ1) is 12.7. The highest BCUT2D eigenvalue weighted by Crippen LogP contribution is 2.26. The van der Waals surface area contributed by atoms with Gasteiger partial charge in [0, 0.05) is 26.7 Å². The van der Waals surface area contributed by atoms with E-state index in [1.165, 1.54) is 7.11 Å². The van der Waals surface area contributed by atoms with Crippen molar-refractivity contribution >= 4 is 5.91 Å². The van der Waals surface area contributed by atoms with Gasteiger partial charge in [0.2, 0.25) is 5.91 Å². The Hall–Kier alpha value is -1.75. The van der Waals surface area contributed by atoms with Crippen LogP contribution in [0.15, 0.2) is 18.2 Å². The third-order valence-electron chi connectivity index (χ3n) is 3.17. The molecule has 5 heteroatoms. The molecule has 0 spiro atoms. The lowest BCUT2D eigenvalue weighted by molar-refractivity contribution is -0.136. The summed E-state index contributed by atoms with van der Waals surface area (Å²) in [6.45, 7) is 2.01. The Balaban J connectivity index is 2.00. The van der Waals surface area contributed by atoms with Crippen molar-refractivity contribution in [3.8, 4) is 11.5 Å². The number of hydrogen-bond donors (Lipinski definition) is 2. The van der Waals surface area contributed by atoms with Gasteiger partial charge in [-0.3, -0.25) is 4.79 Å². The van der Waals surface area contributed by atoms with Crippen molar-refractivity contribution in [2.45, 2.75) is 6.54 Å². The Labute approximate surface area is 106 Å². The Morgan fingerprint density at radius 3 is 2.78 bits per heavy atom. The fourth-order valence-electron chi connectivity index (χ4n) is 1.96. The molecule has 1 fully saturated rings. The highest BCUT2D eigenvalue weighted by Gasteiger charge is 2.27. The topological polar surface area (TPSA) is 61.8 Å². The molecular weight excluding hydrogens is 232 g/mol. The van der Waals surface area contributed by atoms with Crippen LogP contribution in [-0.4, -0.2) is 43.2 Å². The van der Waals surface area contributed by atoms with Crippen LogP contribution in [-0.2, 0) is 11.3 Å². The standard InChI is InChI=1S/C13H18N2O3/c1-15(13(17)10-6-14-7-10)8-9-3-4-12(18-2)11(16)5-9/h3-5,10,14,16H,6-8H2,1-2H3. The van der Waals surface area contributed by atoms with E-state index < -0.39 is 0 Å². The molecule has 1 aliphatic heterocycles. The maximum Gasteiger partial charge on any atom is 0.228 e. The van der Waals surface area contributed by atoms with E-state index in [1.807, 2.05) is 6.07 Å². The minimum Gasteiger partial charge on any atom is -0.504 e. The molecule has 0 radical (unpaired) electrons. The van der Waals surface area contributed by atoms with Gasteiger partial charge < -0.3 is 20.1 Å². The summed E-state index contributed by atoms with van der Waals surface area (Å²) in [5.41, 5.74) is 0.886. The van der Waals surface area contributed by atoms with Gasteiger partial charge in [0.05, 0.1) is 13.0 Å². The van der Waals surface area contributed by atoms with Crippen LogP contribution < -0.4 is 10.1 Å². The zero-order valence-electron chi connectivity index (χ0n) is 10.6. The molecule has 2 rings (SSSR count). The summed E-state index contributed by atoms with van der Waals surface area (Å²) in [6, 6.07) is 5.18. The number of hydrogen-bond acceptors (Lipinski definition) is 4. The van der Waals surface area contributed by atoms with Gasteiger partial charge in [-0.1, -0.05) is 6.07 Å². The van der Waals surface area contributed by atoms with Gasteiger partial charge in [0.25, 0.3) is 0 Å². The van der Waals surface area contributed by atoms with Crippen molar-refractivity contribution in [3.05, 3.63) is 23.8 Å². The van der Waals surface area contributed by atoms with E-state index in [9.17, 15) is 9.90 Å². The molecule has 5 nitrogen and oxygen atoms in total. The van der Waals surface area contributed by atoms with E-state index in [0.717, 1.165) is 18.7 Å². The number of phenolic OH excluding ortho intramolecular Hbond substituents is 1. The normalized spacial score (nSPS) is 15.0. The first-order valence-electron chi connectivity index (χ1n) is 5.93. The van der Waals surface area contributed by atoms with Crippen molar-refractivity contribution in [1.29, 1.82) is 0 Å². The van der Waals surface area contributed by atoms with Crippen LogP contribution in [0.5, 0.6) is 11.5 Å². The molecule has 1 heterocycles. The van der Waals surface area contributed by atoms with Crippen LogP contribution in [0, 0.1) is 5.92 Å². The molecule has 1 aromatic rings. The first-order chi connectivity index (χ1) is 8.61. The summed E-state index contributed by atoms with van der Waals surface area (Å²) >= 11 is 0. The van der Waals surface area contributed by atoms with Crippen molar-refractivity contribution in [2.24, 2.45) is 5.92 Å². The van der Waals surface area contributed by atoms with Crippen molar-refractivity contribution in [1.82, 2.24) is 10.2 Å². The number of amides is 1. The number of aromatic hydroxyl groups is 1. The molecule has 0 atom stereocenters. The lowest BCUT2D eigenvalue weighted by Gasteiger charge is -2.30. The second-order valence-electron chi connectivity index (χ2n) is 4.56. The Bertz CT molecular complexity index is 444. The van der Waals surface area contributed by atoms with Gasteiger partial charge in [0.15, 0.2) is 11.5 Å². The van der Waals surface area contributed by atoms with Gasteiger partial charge in [-0.15, -0.1) is 0 Å². The number of carbonyl (C=O) groups is 1. The predicted molar refractivity (Wildman–Crippen MR) is 67.5 cm³/mol. The zero-order valence-corrected chi connectivity index (χ0v) is 10.6. The number of ether oxygens (including phenoxy) is 1. The molecule has 2 N–H and O–H groups in total. The monoisotopic (exact) mass is 250 g/mol. The lowest BCUT2D eigenvalue weighted by Crippen LogP contribution is -2.50. The summed E-state index contributed by atoms with van der Waals surface area (Å²) in [4.78, 5) is 13.6. The van der Waals surface area contributed by atoms with Crippen molar-refractivity contribution < 1.29 is 14.6 Å². The van der Waals surface area contributed by atoms with E-state index in [1.54, 1.807) is 24.1 Å². The highest BCUT2D eigenvalue weighted by molar-refractivity contribution is 5.80. The van der Waals surface area contributed by atoms with Crippen molar-refractivity contribution in [2.75, 3.05) is 27.2 Å². The number of nitrogens with one attached hydrogen (secondary N) is 1. The van der Waals surface area contributed by atoms with Gasteiger partial charge in [0.1, 0.15) is 0 Å². The third-order valence-corrected chi connectivity index (χ3v) is 3.17. The van der Waals surface area contributed by atoms with Crippen LogP contribution in [0.4, 0.5) is 0 Å². The van der Waals surface area contributed by atoms with Crippen LogP contribution in [0.2, 0.25) is 0 Å². The fourth-order valence-corrected chi connectivity index (χ4v) is 1.96. The maximum absolute atomic E-state index is 11.9. The molecule has 0 aromatic heterocycles. The lowest BCUT2D eigenvalue weighted by atomic mass is 10.0. The highest BCUT2D eigenvalue weighted by atomic mass is 16.5. The van der Waals surface area contributed by atoms with Crippen molar-refractivity contribution in [3.63, 3.8) is 0 Å². The van der Waals surface area contributed by atoms with Crippen LogP contribution >= 0.6 is 0 Å². The van der Waals surface area contributed by atoms with Gasteiger partial charge in [-0.05, 0) is 17.7 Å². The molecule has 1 aliphatic rings. The number of phenols is 1. The van der Waals surface area contributed by atoms with Gasteiger partial charge in [-0.25, -0.2) is 0 Å². The van der Waals surface area contributed by atoms with Crippen LogP contribution in [0.3, 0.4) is 0 Å². The van der Waals surface area contributed by atoms with Crippen LogP contribution in [0.25, 0.3) is 0 Å². The average molecular weight is 250 g/mol. The summed E-state index contributed by atoms with van der Waals surface area (Å²) in [6.07, 6.45) is 0. The largest absolute Gasteiger partial charge is 0.504 e. The number of nitrogens with zero attached hydrogens (tertiary/aromatic N) is 1. The number of rotatable bonds is 4. The maximum atomic E-state index is 11.9. The molecule has 18 heavy (non-hydrogen) atoms. The smallest absolute Gasteiger partial charge is 0.228 e. The molecule has 1 amide bonds. The van der Waals surface area contributed by atoms with E-state index in [-0.39, 0.29) is 17.6 Å². The van der Waals surface area contributed by atoms with Gasteiger partial charge >= 0.3 is 0 Å². The fraction of sp³-hybridized carbons (Fsp3) is 0.462. The second kappa shape index (κ2) is 5.27. The predicted octanol–water partition coefficient (Wildman–Crippen LogP) is 0.579. The van der Waals surface area contributed by atoms with E-state index in [4.69, 9.17) is 4.74 Å². The number of carbonyl (C=O) groups excluding carboxylic acids is 1. The van der Waals surface area contributed by atoms with Gasteiger partial charge in [-0.2, -0.15) is 0 Å². The van der Waals surface area contributed by atoms with E-state index >= 15 is 0 Å². The summed E-state index contributed by atoms with van der Waals surface area (Å²) in [5.74, 6) is 0.781. The Kier molecular flexibility index (Phi) is 3.72. The molecule has 0 unspecified atom stereocenters. The molecule has 0 saturated carbocycles. The third kappa shape index (κ3) is 2.56. The zero-order chi connectivity index (χ0) is 13.1. The minimum atomic E-state index is 0.0983. The quantitative estimate of drug-likeness (QED) is 0.820. The molecular formula is C13H18N2O3. The SMILES string of the molecule is COc1ccc(CN(C)C(=O)C2CNC2)cc1O. The average Bonchev–Trinajstić information content (AvgIpc) is 2.26. The summed E-state index contributed by atoms with van der Waals surface area (Å²) in [5, 5.41) is 12.8. The molecule has 1 aromatic carbocycles. The summed E-state index contributed by atoms with van der Waals surface area (Å²) < 4.78 is 4.98. The molecule has 98 valence electrons. The Morgan fingerprint density at radius 1 is 1.56 bits per heavy atom. The summed E-state index contributed by atoms with van der Waals surface area (Å²) in [7, 11) is 3.29. The Morgan fingerprint density at radius 2 is 2.28 bits per heavy atom. The molecule has 0 aliphatic carbocycles. The number of methoxy groups -OCH3 is 1. The van der Waals surface area contributed by atoms with E-state index in [0.29, 0.717) is 12.3 Å². The molecule has 1 saturated heterocycles.